The molecule has 1 aromatic carbocycles. The van der Waals surface area contributed by atoms with Crippen molar-refractivity contribution in [2.24, 2.45) is 0 Å². The molecule has 0 amide bonds. The van der Waals surface area contributed by atoms with Gasteiger partial charge in [-0.2, -0.15) is 0 Å². The first kappa shape index (κ1) is 14.0. The lowest BCUT2D eigenvalue weighted by Crippen LogP contribution is -2.30. The summed E-state index contributed by atoms with van der Waals surface area (Å²) in [5.41, 5.74) is 0. The number of nitrogens with zero attached hydrogens (tertiary/aromatic N) is 4. The molecule has 3 rings (SSSR count). The quantitative estimate of drug-likeness (QED) is 0.818. The summed E-state index contributed by atoms with van der Waals surface area (Å²) >= 11 is 0. The lowest BCUT2D eigenvalue weighted by molar-refractivity contribution is 0.301. The van der Waals surface area contributed by atoms with Gasteiger partial charge in [-0.15, -0.1) is 5.10 Å². The molecule has 6 nitrogen and oxygen atoms in total. The van der Waals surface area contributed by atoms with Crippen molar-refractivity contribution in [1.82, 2.24) is 25.5 Å². The van der Waals surface area contributed by atoms with Crippen LogP contribution in [0.2, 0.25) is 0 Å². The number of ether oxygens (including phenoxy) is 1. The molecule has 0 saturated carbocycles. The van der Waals surface area contributed by atoms with Crippen LogP contribution in [0.25, 0.3) is 0 Å². The molecule has 21 heavy (non-hydrogen) atoms. The Balaban J connectivity index is 1.48. The fourth-order valence-electron chi connectivity index (χ4n) is 2.65. The van der Waals surface area contributed by atoms with E-state index in [0.29, 0.717) is 12.6 Å². The maximum Gasteiger partial charge on any atom is 0.151 e. The summed E-state index contributed by atoms with van der Waals surface area (Å²) in [5.74, 6) is 1.88. The normalized spacial score (nSPS) is 16.0. The van der Waals surface area contributed by atoms with Gasteiger partial charge < -0.3 is 10.1 Å². The maximum absolute atomic E-state index is 5.70. The van der Waals surface area contributed by atoms with Gasteiger partial charge >= 0.3 is 0 Å². The fraction of sp³-hybridized carbons (Fsp3) is 0.533. The molecule has 1 saturated heterocycles. The highest BCUT2D eigenvalue weighted by atomic mass is 16.5. The summed E-state index contributed by atoms with van der Waals surface area (Å²) in [7, 11) is 0. The van der Waals surface area contributed by atoms with Crippen LogP contribution in [0.4, 0.5) is 0 Å². The third-order valence-electron chi connectivity index (χ3n) is 3.77. The van der Waals surface area contributed by atoms with Crippen LogP contribution in [0.5, 0.6) is 5.75 Å². The monoisotopic (exact) mass is 287 g/mol. The Morgan fingerprint density at radius 3 is 2.81 bits per heavy atom. The Hall–Kier alpha value is -1.95. The second kappa shape index (κ2) is 7.17. The van der Waals surface area contributed by atoms with Crippen molar-refractivity contribution in [2.75, 3.05) is 19.7 Å². The van der Waals surface area contributed by atoms with E-state index < -0.39 is 0 Å². The Bertz CT molecular complexity index is 536. The van der Waals surface area contributed by atoms with Gasteiger partial charge in [0.2, 0.25) is 0 Å². The van der Waals surface area contributed by atoms with Gasteiger partial charge in [-0.1, -0.05) is 18.2 Å². The zero-order valence-corrected chi connectivity index (χ0v) is 12.1. The Morgan fingerprint density at radius 1 is 1.19 bits per heavy atom. The number of hydrogen-bond donors (Lipinski definition) is 1. The van der Waals surface area contributed by atoms with E-state index in [1.54, 1.807) is 0 Å². The van der Waals surface area contributed by atoms with E-state index in [2.05, 4.69) is 20.8 Å². The van der Waals surface area contributed by atoms with E-state index in [-0.39, 0.29) is 0 Å². The number of rotatable bonds is 6. The fourth-order valence-corrected chi connectivity index (χ4v) is 2.65. The molecule has 0 spiro atoms. The smallest absolute Gasteiger partial charge is 0.151 e. The molecule has 1 N–H and O–H groups in total. The molecule has 0 atom stereocenters. The third kappa shape index (κ3) is 3.78. The molecule has 0 aliphatic carbocycles. The number of benzene rings is 1. The molecular weight excluding hydrogens is 266 g/mol. The van der Waals surface area contributed by atoms with Gasteiger partial charge in [0.25, 0.3) is 0 Å². The van der Waals surface area contributed by atoms with E-state index in [9.17, 15) is 0 Å². The molecule has 1 fully saturated rings. The van der Waals surface area contributed by atoms with Gasteiger partial charge in [-0.05, 0) is 54.9 Å². The SMILES string of the molecule is c1ccc(OCCCc2nnnn2C2CCNCC2)cc1. The van der Waals surface area contributed by atoms with Crippen molar-refractivity contribution >= 4 is 0 Å². The first-order valence-electron chi connectivity index (χ1n) is 7.59. The Labute approximate surface area is 124 Å². The van der Waals surface area contributed by atoms with Crippen LogP contribution < -0.4 is 10.1 Å². The number of para-hydroxylation sites is 1. The van der Waals surface area contributed by atoms with E-state index in [0.717, 1.165) is 50.3 Å². The Morgan fingerprint density at radius 2 is 2.00 bits per heavy atom. The molecule has 2 heterocycles. The van der Waals surface area contributed by atoms with Crippen LogP contribution in [-0.2, 0) is 6.42 Å². The van der Waals surface area contributed by atoms with Gasteiger partial charge in [-0.25, -0.2) is 4.68 Å². The van der Waals surface area contributed by atoms with Crippen molar-refractivity contribution in [2.45, 2.75) is 31.7 Å². The first-order chi connectivity index (χ1) is 10.4. The van der Waals surface area contributed by atoms with Crippen LogP contribution in [-0.4, -0.2) is 39.9 Å². The molecule has 112 valence electrons. The van der Waals surface area contributed by atoms with Crippen LogP contribution in [0, 0.1) is 0 Å². The van der Waals surface area contributed by atoms with Crippen molar-refractivity contribution < 1.29 is 4.74 Å². The highest BCUT2D eigenvalue weighted by Crippen LogP contribution is 2.18. The number of piperidine rings is 1. The molecule has 1 aliphatic heterocycles. The molecule has 6 heteroatoms. The summed E-state index contributed by atoms with van der Waals surface area (Å²) in [4.78, 5) is 0. The standard InChI is InChI=1S/C15H21N5O/c1-2-5-14(6-3-1)21-12-4-7-15-17-18-19-20(15)13-8-10-16-11-9-13/h1-3,5-6,13,16H,4,7-12H2. The molecule has 2 aromatic rings. The van der Waals surface area contributed by atoms with Gasteiger partial charge in [0.1, 0.15) is 5.75 Å². The molecule has 0 bridgehead atoms. The summed E-state index contributed by atoms with van der Waals surface area (Å²) in [6.07, 6.45) is 3.96. The molecule has 1 aromatic heterocycles. The van der Waals surface area contributed by atoms with Gasteiger partial charge in [-0.3, -0.25) is 0 Å². The largest absolute Gasteiger partial charge is 0.494 e. The van der Waals surface area contributed by atoms with Crippen LogP contribution >= 0.6 is 0 Å². The number of aromatic nitrogens is 4. The van der Waals surface area contributed by atoms with Crippen molar-refractivity contribution in [3.8, 4) is 5.75 Å². The average molecular weight is 287 g/mol. The lowest BCUT2D eigenvalue weighted by Gasteiger charge is -2.23. The summed E-state index contributed by atoms with van der Waals surface area (Å²) in [6, 6.07) is 10.3. The molecular formula is C15H21N5O. The zero-order valence-electron chi connectivity index (χ0n) is 12.1. The second-order valence-electron chi connectivity index (χ2n) is 5.29. The van der Waals surface area contributed by atoms with Gasteiger partial charge in [0, 0.05) is 6.42 Å². The number of tetrazole rings is 1. The number of nitrogens with one attached hydrogen (secondary N) is 1. The number of hydrogen-bond acceptors (Lipinski definition) is 5. The maximum atomic E-state index is 5.70. The van der Waals surface area contributed by atoms with Gasteiger partial charge in [0.05, 0.1) is 12.6 Å². The Kier molecular flexibility index (Phi) is 4.78. The summed E-state index contributed by atoms with van der Waals surface area (Å²) in [6.45, 7) is 2.77. The summed E-state index contributed by atoms with van der Waals surface area (Å²) < 4.78 is 7.71. The van der Waals surface area contributed by atoms with Crippen molar-refractivity contribution in [3.63, 3.8) is 0 Å². The van der Waals surface area contributed by atoms with Crippen LogP contribution in [0.15, 0.2) is 30.3 Å². The van der Waals surface area contributed by atoms with Crippen LogP contribution in [0.1, 0.15) is 31.1 Å². The van der Waals surface area contributed by atoms with Gasteiger partial charge in [0.15, 0.2) is 5.82 Å². The minimum Gasteiger partial charge on any atom is -0.494 e. The van der Waals surface area contributed by atoms with E-state index in [1.165, 1.54) is 0 Å². The first-order valence-corrected chi connectivity index (χ1v) is 7.59. The zero-order chi connectivity index (χ0) is 14.3. The third-order valence-corrected chi connectivity index (χ3v) is 3.77. The van der Waals surface area contributed by atoms with Crippen molar-refractivity contribution in [3.05, 3.63) is 36.2 Å². The lowest BCUT2D eigenvalue weighted by atomic mass is 10.1. The summed E-state index contributed by atoms with van der Waals surface area (Å²) in [5, 5.41) is 15.5. The highest BCUT2D eigenvalue weighted by molar-refractivity contribution is 5.20. The van der Waals surface area contributed by atoms with E-state index >= 15 is 0 Å². The molecule has 0 radical (unpaired) electrons. The average Bonchev–Trinajstić information content (AvgIpc) is 3.02. The highest BCUT2D eigenvalue weighted by Gasteiger charge is 2.19. The molecule has 1 aliphatic rings. The van der Waals surface area contributed by atoms with E-state index in [1.807, 2.05) is 35.0 Å². The van der Waals surface area contributed by atoms with Crippen LogP contribution in [0.3, 0.4) is 0 Å². The topological polar surface area (TPSA) is 64.9 Å². The predicted octanol–water partition coefficient (Wildman–Crippen LogP) is 1.61. The minimum absolute atomic E-state index is 0.436. The molecule has 0 unspecified atom stereocenters. The number of aryl methyl sites for hydroxylation is 1. The second-order valence-corrected chi connectivity index (χ2v) is 5.29. The minimum atomic E-state index is 0.436. The predicted molar refractivity (Wildman–Crippen MR) is 79.2 cm³/mol. The van der Waals surface area contributed by atoms with Crippen molar-refractivity contribution in [1.29, 1.82) is 0 Å². The van der Waals surface area contributed by atoms with E-state index in [4.69, 9.17) is 4.74 Å².